The van der Waals surface area contributed by atoms with Crippen molar-refractivity contribution in [3.05, 3.63) is 86.4 Å². The third kappa shape index (κ3) is 3.29. The van der Waals surface area contributed by atoms with Crippen LogP contribution in [-0.2, 0) is 6.42 Å². The Morgan fingerprint density at radius 1 is 0.826 bits per heavy atom. The van der Waals surface area contributed by atoms with Gasteiger partial charge in [0.2, 0.25) is 0 Å². The van der Waals surface area contributed by atoms with Gasteiger partial charge >= 0.3 is 0 Å². The maximum Gasteiger partial charge on any atom is 0.253 e. The van der Waals surface area contributed by atoms with Crippen LogP contribution < -0.4 is 21.5 Å². The fraction of sp³-hybridized carbons (Fsp3) is 0.111. The van der Waals surface area contributed by atoms with Crippen LogP contribution in [0.15, 0.2) is 64.2 Å². The van der Waals surface area contributed by atoms with E-state index < -0.39 is 10.9 Å². The van der Waals surface area contributed by atoms with Crippen LogP contribution in [0, 0.1) is 5.82 Å². The van der Waals surface area contributed by atoms with Crippen molar-refractivity contribution >= 4 is 17.1 Å². The van der Waals surface area contributed by atoms with Crippen molar-refractivity contribution in [1.82, 2.24) is 0 Å². The van der Waals surface area contributed by atoms with Crippen molar-refractivity contribution in [1.29, 1.82) is 0 Å². The highest BCUT2D eigenvalue weighted by Crippen LogP contribution is 2.20. The topological polar surface area (TPSA) is 58.2 Å². The van der Waals surface area contributed by atoms with E-state index in [-0.39, 0.29) is 17.2 Å². The van der Waals surface area contributed by atoms with Crippen LogP contribution in [0.2, 0.25) is 0 Å². The van der Waals surface area contributed by atoms with Gasteiger partial charge in [-0.05, 0) is 36.2 Å². The first kappa shape index (κ1) is 15.0. The highest BCUT2D eigenvalue weighted by atomic mass is 19.1. The van der Waals surface area contributed by atoms with Gasteiger partial charge in [-0.3, -0.25) is 9.59 Å². The van der Waals surface area contributed by atoms with Gasteiger partial charge in [0.25, 0.3) is 10.9 Å². The zero-order valence-electron chi connectivity index (χ0n) is 12.3. The zero-order chi connectivity index (χ0) is 16.2. The monoisotopic (exact) mass is 310 g/mol. The highest BCUT2D eigenvalue weighted by Gasteiger charge is 2.20. The highest BCUT2D eigenvalue weighted by molar-refractivity contribution is 5.78. The van der Waals surface area contributed by atoms with E-state index in [1.165, 1.54) is 24.3 Å². The molecule has 5 heteroatoms. The summed E-state index contributed by atoms with van der Waals surface area (Å²) in [5, 5.41) is 5.87. The number of hydrogen-bond donors (Lipinski definition) is 2. The first-order valence-electron chi connectivity index (χ1n) is 7.29. The van der Waals surface area contributed by atoms with Crippen LogP contribution in [-0.4, -0.2) is 6.54 Å². The van der Waals surface area contributed by atoms with Crippen LogP contribution in [0.1, 0.15) is 5.56 Å². The van der Waals surface area contributed by atoms with E-state index in [2.05, 4.69) is 10.6 Å². The summed E-state index contributed by atoms with van der Waals surface area (Å²) >= 11 is 0. The Balaban J connectivity index is 1.66. The van der Waals surface area contributed by atoms with E-state index in [1.807, 2.05) is 30.3 Å². The van der Waals surface area contributed by atoms with E-state index in [1.54, 1.807) is 0 Å². The van der Waals surface area contributed by atoms with Crippen molar-refractivity contribution in [2.75, 3.05) is 17.2 Å². The van der Waals surface area contributed by atoms with Crippen LogP contribution >= 0.6 is 0 Å². The Hall–Kier alpha value is -2.95. The molecule has 0 atom stereocenters. The van der Waals surface area contributed by atoms with Crippen molar-refractivity contribution in [3.63, 3.8) is 0 Å². The lowest BCUT2D eigenvalue weighted by atomic mass is 10.1. The average molecular weight is 310 g/mol. The number of anilines is 3. The largest absolute Gasteiger partial charge is 0.380 e. The number of benzene rings is 2. The molecule has 0 fully saturated rings. The van der Waals surface area contributed by atoms with E-state index in [9.17, 15) is 14.0 Å². The summed E-state index contributed by atoms with van der Waals surface area (Å²) in [7, 11) is 0. The van der Waals surface area contributed by atoms with Gasteiger partial charge in [-0.1, -0.05) is 30.3 Å². The van der Waals surface area contributed by atoms with Gasteiger partial charge in [0.1, 0.15) is 17.2 Å². The third-order valence-electron chi connectivity index (χ3n) is 3.58. The first-order chi connectivity index (χ1) is 11.1. The second-order valence-corrected chi connectivity index (χ2v) is 5.20. The Kier molecular flexibility index (Phi) is 4.19. The average Bonchev–Trinajstić information content (AvgIpc) is 2.59. The minimum atomic E-state index is -0.559. The molecule has 3 rings (SSSR count). The van der Waals surface area contributed by atoms with Gasteiger partial charge < -0.3 is 10.6 Å². The Bertz CT molecular complexity index is 866. The Morgan fingerprint density at radius 2 is 1.48 bits per heavy atom. The van der Waals surface area contributed by atoms with Crippen molar-refractivity contribution in [2.45, 2.75) is 6.42 Å². The SMILES string of the molecule is O=c1c(NCCc2ccccc2)c(Nc2ccc(F)cc2)c1=O. The molecular formula is C18H15FN2O2. The van der Waals surface area contributed by atoms with E-state index in [0.717, 1.165) is 12.0 Å². The van der Waals surface area contributed by atoms with Gasteiger partial charge in [-0.25, -0.2) is 4.39 Å². The molecular weight excluding hydrogens is 295 g/mol. The van der Waals surface area contributed by atoms with Crippen molar-refractivity contribution in [3.8, 4) is 0 Å². The second-order valence-electron chi connectivity index (χ2n) is 5.20. The molecule has 0 saturated heterocycles. The van der Waals surface area contributed by atoms with Gasteiger partial charge in [0, 0.05) is 12.2 Å². The molecule has 0 aliphatic carbocycles. The maximum absolute atomic E-state index is 12.9. The molecule has 3 aromatic rings. The fourth-order valence-electron chi connectivity index (χ4n) is 2.33. The zero-order valence-corrected chi connectivity index (χ0v) is 12.3. The molecule has 0 unspecified atom stereocenters. The standard InChI is InChI=1S/C18H15FN2O2/c19-13-6-8-14(9-7-13)21-16-15(17(22)18(16)23)20-11-10-12-4-2-1-3-5-12/h1-9,20-21H,10-11H2. The summed E-state index contributed by atoms with van der Waals surface area (Å²) in [5.41, 5.74) is 1.14. The second kappa shape index (κ2) is 6.44. The normalized spacial score (nSPS) is 10.7. The van der Waals surface area contributed by atoms with Gasteiger partial charge in [-0.2, -0.15) is 0 Å². The molecule has 0 heterocycles. The van der Waals surface area contributed by atoms with Crippen molar-refractivity contribution < 1.29 is 4.39 Å². The summed E-state index contributed by atoms with van der Waals surface area (Å²) in [6.07, 6.45) is 0.746. The molecule has 23 heavy (non-hydrogen) atoms. The third-order valence-corrected chi connectivity index (χ3v) is 3.58. The minimum Gasteiger partial charge on any atom is -0.380 e. The smallest absolute Gasteiger partial charge is 0.253 e. The molecule has 2 N–H and O–H groups in total. The molecule has 4 nitrogen and oxygen atoms in total. The molecule has 0 spiro atoms. The Morgan fingerprint density at radius 3 is 2.17 bits per heavy atom. The number of nitrogens with one attached hydrogen (secondary N) is 2. The molecule has 0 aliphatic rings. The molecule has 0 bridgehead atoms. The number of halogens is 1. The first-order valence-corrected chi connectivity index (χ1v) is 7.29. The molecule has 3 aromatic carbocycles. The van der Waals surface area contributed by atoms with E-state index in [4.69, 9.17) is 0 Å². The summed E-state index contributed by atoms with van der Waals surface area (Å²) in [4.78, 5) is 23.4. The molecule has 0 aliphatic heterocycles. The quantitative estimate of drug-likeness (QED) is 0.687. The van der Waals surface area contributed by atoms with Gasteiger partial charge in [-0.15, -0.1) is 0 Å². The molecule has 0 saturated carbocycles. The number of rotatable bonds is 6. The predicted molar refractivity (Wildman–Crippen MR) is 89.7 cm³/mol. The lowest BCUT2D eigenvalue weighted by molar-refractivity contribution is 0.628. The summed E-state index contributed by atoms with van der Waals surface area (Å²) in [6, 6.07) is 15.5. The number of hydrogen-bond acceptors (Lipinski definition) is 4. The predicted octanol–water partition coefficient (Wildman–Crippen LogP) is 2.82. The summed E-state index contributed by atoms with van der Waals surface area (Å²) in [6.45, 7) is 0.549. The van der Waals surface area contributed by atoms with Crippen LogP contribution in [0.5, 0.6) is 0 Å². The molecule has 0 radical (unpaired) electrons. The molecule has 0 aromatic heterocycles. The van der Waals surface area contributed by atoms with Crippen LogP contribution in [0.25, 0.3) is 0 Å². The van der Waals surface area contributed by atoms with Gasteiger partial charge in [0.15, 0.2) is 0 Å². The maximum atomic E-state index is 12.9. The van der Waals surface area contributed by atoms with Gasteiger partial charge in [0.05, 0.1) is 0 Å². The fourth-order valence-corrected chi connectivity index (χ4v) is 2.33. The minimum absolute atomic E-state index is 0.231. The molecule has 0 amide bonds. The summed E-state index contributed by atoms with van der Waals surface area (Å²) < 4.78 is 12.9. The lowest BCUT2D eigenvalue weighted by Crippen LogP contribution is -2.37. The van der Waals surface area contributed by atoms with E-state index in [0.29, 0.717) is 12.2 Å². The lowest BCUT2D eigenvalue weighted by Gasteiger charge is -2.15. The molecule has 116 valence electrons. The van der Waals surface area contributed by atoms with Crippen LogP contribution in [0.3, 0.4) is 0 Å². The Labute approximate surface area is 132 Å². The van der Waals surface area contributed by atoms with Crippen molar-refractivity contribution in [2.24, 2.45) is 0 Å². The van der Waals surface area contributed by atoms with E-state index >= 15 is 0 Å². The summed E-state index contributed by atoms with van der Waals surface area (Å²) in [5.74, 6) is -0.359. The van der Waals surface area contributed by atoms with Crippen LogP contribution in [0.4, 0.5) is 21.5 Å².